The van der Waals surface area contributed by atoms with Crippen LogP contribution in [0.3, 0.4) is 0 Å². The van der Waals surface area contributed by atoms with E-state index < -0.39 is 11.9 Å². The molecule has 0 aliphatic carbocycles. The molecule has 0 amide bonds. The fraction of sp³-hybridized carbons (Fsp3) is 0.235. The summed E-state index contributed by atoms with van der Waals surface area (Å²) in [4.78, 5) is 26.9. The second-order valence-corrected chi connectivity index (χ2v) is 4.68. The summed E-state index contributed by atoms with van der Waals surface area (Å²) in [5.41, 5.74) is 0.834. The largest absolute Gasteiger partial charge is 0.462 e. The van der Waals surface area contributed by atoms with Crippen molar-refractivity contribution in [2.45, 2.75) is 13.8 Å². The molecule has 1 aromatic carbocycles. The number of rotatable bonds is 6. The predicted octanol–water partition coefficient (Wildman–Crippen LogP) is 2.73. The molecule has 2 aromatic rings. The van der Waals surface area contributed by atoms with Crippen molar-refractivity contribution in [1.29, 1.82) is 5.26 Å². The number of benzene rings is 1. The highest BCUT2D eigenvalue weighted by Crippen LogP contribution is 2.27. The maximum Gasteiger partial charge on any atom is 0.350 e. The number of esters is 2. The van der Waals surface area contributed by atoms with Crippen LogP contribution < -0.4 is 5.32 Å². The van der Waals surface area contributed by atoms with Crippen LogP contribution in [0.2, 0.25) is 0 Å². The number of H-pyrrole nitrogens is 1. The van der Waals surface area contributed by atoms with Gasteiger partial charge in [0, 0.05) is 17.1 Å². The summed E-state index contributed by atoms with van der Waals surface area (Å²) in [6, 6.07) is 8.98. The zero-order valence-corrected chi connectivity index (χ0v) is 13.4. The molecule has 0 fully saturated rings. The molecule has 0 aliphatic heterocycles. The van der Waals surface area contributed by atoms with Crippen LogP contribution in [0.5, 0.6) is 0 Å². The highest BCUT2D eigenvalue weighted by Gasteiger charge is 2.19. The SMILES string of the molecule is CCOC(=O)/C(C#N)=C\Nc1[nH]c2ccccc2c1C(=O)OCC. The van der Waals surface area contributed by atoms with Gasteiger partial charge in [-0.3, -0.25) is 0 Å². The number of hydrogen-bond acceptors (Lipinski definition) is 6. The van der Waals surface area contributed by atoms with Gasteiger partial charge < -0.3 is 19.8 Å². The fourth-order valence-corrected chi connectivity index (χ4v) is 2.16. The molecular formula is C17H17N3O4. The Hall–Kier alpha value is -3.27. The number of fused-ring (bicyclic) bond motifs is 1. The summed E-state index contributed by atoms with van der Waals surface area (Å²) in [5.74, 6) is -0.895. The van der Waals surface area contributed by atoms with Crippen LogP contribution in [-0.2, 0) is 14.3 Å². The lowest BCUT2D eigenvalue weighted by atomic mass is 10.1. The standard InChI is InChI=1S/C17H17N3O4/c1-3-23-16(21)11(9-18)10-19-15-14(17(22)24-4-2)12-7-5-6-8-13(12)20-15/h5-8,10,19-20H,3-4H2,1-2H3/b11-10-. The quantitative estimate of drug-likeness (QED) is 0.480. The van der Waals surface area contributed by atoms with Gasteiger partial charge in [-0.1, -0.05) is 18.2 Å². The van der Waals surface area contributed by atoms with Crippen LogP contribution in [0.25, 0.3) is 10.9 Å². The van der Waals surface area contributed by atoms with Crippen LogP contribution in [-0.4, -0.2) is 30.1 Å². The predicted molar refractivity (Wildman–Crippen MR) is 88.2 cm³/mol. The Kier molecular flexibility index (Phi) is 5.58. The van der Waals surface area contributed by atoms with Gasteiger partial charge in [0.25, 0.3) is 0 Å². The third-order valence-corrected chi connectivity index (χ3v) is 3.16. The molecular weight excluding hydrogens is 310 g/mol. The van der Waals surface area contributed by atoms with E-state index in [-0.39, 0.29) is 18.8 Å². The Morgan fingerprint density at radius 1 is 1.25 bits per heavy atom. The lowest BCUT2D eigenvalue weighted by molar-refractivity contribution is -0.138. The summed E-state index contributed by atoms with van der Waals surface area (Å²) >= 11 is 0. The van der Waals surface area contributed by atoms with E-state index in [0.717, 1.165) is 5.52 Å². The van der Waals surface area contributed by atoms with Gasteiger partial charge in [-0.2, -0.15) is 5.26 Å². The maximum atomic E-state index is 12.2. The Morgan fingerprint density at radius 2 is 1.96 bits per heavy atom. The monoisotopic (exact) mass is 327 g/mol. The summed E-state index contributed by atoms with van der Waals surface area (Å²) in [6.07, 6.45) is 1.20. The number of para-hydroxylation sites is 1. The molecule has 0 saturated heterocycles. The molecule has 24 heavy (non-hydrogen) atoms. The number of carbonyl (C=O) groups is 2. The zero-order valence-electron chi connectivity index (χ0n) is 13.4. The van der Waals surface area contributed by atoms with Gasteiger partial charge in [0.05, 0.1) is 13.2 Å². The van der Waals surface area contributed by atoms with Crippen molar-refractivity contribution in [3.63, 3.8) is 0 Å². The van der Waals surface area contributed by atoms with Gasteiger partial charge in [-0.05, 0) is 19.9 Å². The number of carbonyl (C=O) groups excluding carboxylic acids is 2. The lowest BCUT2D eigenvalue weighted by Gasteiger charge is -2.05. The van der Waals surface area contributed by atoms with Crippen molar-refractivity contribution in [2.24, 2.45) is 0 Å². The van der Waals surface area contributed by atoms with E-state index in [1.54, 1.807) is 32.0 Å². The van der Waals surface area contributed by atoms with Crippen LogP contribution in [0.15, 0.2) is 36.0 Å². The number of ether oxygens (including phenoxy) is 2. The molecule has 1 aromatic heterocycles. The molecule has 7 nitrogen and oxygen atoms in total. The molecule has 0 spiro atoms. The number of aromatic amines is 1. The Morgan fingerprint density at radius 3 is 2.62 bits per heavy atom. The third kappa shape index (κ3) is 3.55. The number of hydrogen-bond donors (Lipinski definition) is 2. The van der Waals surface area contributed by atoms with Gasteiger partial charge in [-0.15, -0.1) is 0 Å². The number of nitrogens with one attached hydrogen (secondary N) is 2. The van der Waals surface area contributed by atoms with E-state index in [4.69, 9.17) is 14.7 Å². The topological polar surface area (TPSA) is 104 Å². The minimum Gasteiger partial charge on any atom is -0.462 e. The van der Waals surface area contributed by atoms with Crippen LogP contribution in [0, 0.1) is 11.3 Å². The number of anilines is 1. The smallest absolute Gasteiger partial charge is 0.350 e. The summed E-state index contributed by atoms with van der Waals surface area (Å²) in [7, 11) is 0. The van der Waals surface area contributed by atoms with Gasteiger partial charge in [0.1, 0.15) is 17.5 Å². The average Bonchev–Trinajstić information content (AvgIpc) is 2.94. The molecule has 0 bridgehead atoms. The van der Waals surface area contributed by atoms with E-state index in [1.807, 2.05) is 12.1 Å². The first-order valence-corrected chi connectivity index (χ1v) is 7.44. The molecule has 0 radical (unpaired) electrons. The minimum absolute atomic E-state index is 0.165. The van der Waals surface area contributed by atoms with Crippen molar-refractivity contribution < 1.29 is 19.1 Å². The van der Waals surface area contributed by atoms with E-state index in [0.29, 0.717) is 16.8 Å². The van der Waals surface area contributed by atoms with Crippen LogP contribution in [0.1, 0.15) is 24.2 Å². The third-order valence-electron chi connectivity index (χ3n) is 3.16. The molecule has 0 saturated carbocycles. The van der Waals surface area contributed by atoms with E-state index >= 15 is 0 Å². The first kappa shape index (κ1) is 17.1. The van der Waals surface area contributed by atoms with Crippen molar-refractivity contribution in [3.8, 4) is 6.07 Å². The molecule has 0 atom stereocenters. The number of nitrogens with zero attached hydrogens (tertiary/aromatic N) is 1. The van der Waals surface area contributed by atoms with Crippen molar-refractivity contribution in [1.82, 2.24) is 4.98 Å². The Labute approximate surface area is 138 Å². The molecule has 2 N–H and O–H groups in total. The summed E-state index contributed by atoms with van der Waals surface area (Å²) in [5, 5.41) is 12.5. The lowest BCUT2D eigenvalue weighted by Crippen LogP contribution is -2.10. The van der Waals surface area contributed by atoms with E-state index in [1.165, 1.54) is 6.20 Å². The normalized spacial score (nSPS) is 11.0. The van der Waals surface area contributed by atoms with E-state index in [9.17, 15) is 9.59 Å². The highest BCUT2D eigenvalue weighted by molar-refractivity contribution is 6.09. The second-order valence-electron chi connectivity index (χ2n) is 4.68. The van der Waals surface area contributed by atoms with E-state index in [2.05, 4.69) is 10.3 Å². The van der Waals surface area contributed by atoms with Gasteiger partial charge in [0.15, 0.2) is 5.57 Å². The highest BCUT2D eigenvalue weighted by atomic mass is 16.5. The molecule has 124 valence electrons. The summed E-state index contributed by atoms with van der Waals surface area (Å²) < 4.78 is 9.86. The first-order valence-electron chi connectivity index (χ1n) is 7.44. The minimum atomic E-state index is -0.735. The maximum absolute atomic E-state index is 12.2. The van der Waals surface area contributed by atoms with Crippen molar-refractivity contribution in [2.75, 3.05) is 18.5 Å². The number of aromatic nitrogens is 1. The molecule has 1 heterocycles. The van der Waals surface area contributed by atoms with Gasteiger partial charge in [-0.25, -0.2) is 9.59 Å². The van der Waals surface area contributed by atoms with Crippen LogP contribution >= 0.6 is 0 Å². The second kappa shape index (κ2) is 7.83. The first-order chi connectivity index (χ1) is 11.6. The average molecular weight is 327 g/mol. The summed E-state index contributed by atoms with van der Waals surface area (Å²) in [6.45, 7) is 3.77. The molecule has 0 aliphatic rings. The van der Waals surface area contributed by atoms with Gasteiger partial charge >= 0.3 is 11.9 Å². The number of nitriles is 1. The Balaban J connectivity index is 2.41. The van der Waals surface area contributed by atoms with Crippen LogP contribution in [0.4, 0.5) is 5.82 Å². The molecule has 2 rings (SSSR count). The Bertz CT molecular complexity index is 830. The molecule has 7 heteroatoms. The zero-order chi connectivity index (χ0) is 17.5. The fourth-order valence-electron chi connectivity index (χ4n) is 2.16. The van der Waals surface area contributed by atoms with Gasteiger partial charge in [0.2, 0.25) is 0 Å². The van der Waals surface area contributed by atoms with Crippen molar-refractivity contribution in [3.05, 3.63) is 41.6 Å². The molecule has 0 unspecified atom stereocenters. The van der Waals surface area contributed by atoms with Crippen molar-refractivity contribution >= 4 is 28.7 Å².